The SMILES string of the molecule is CC[C@@H](C[C@H](O)[C@H](CC1CCCCC1)NC(=O)[C@H](Cc1cnc[nH]1)NC(=O)[C@H](Cc1ccccc1)NC(=O)CCC(=O)O)C(C)C. The Kier molecular flexibility index (Phi) is 15.2. The van der Waals surface area contributed by atoms with Crippen LogP contribution < -0.4 is 16.0 Å². The van der Waals surface area contributed by atoms with E-state index in [4.69, 9.17) is 5.11 Å². The van der Waals surface area contributed by atoms with Crippen molar-refractivity contribution in [1.29, 1.82) is 0 Å². The summed E-state index contributed by atoms with van der Waals surface area (Å²) in [6, 6.07) is 6.62. The summed E-state index contributed by atoms with van der Waals surface area (Å²) in [7, 11) is 0. The van der Waals surface area contributed by atoms with Crippen molar-refractivity contribution < 1.29 is 29.4 Å². The summed E-state index contributed by atoms with van der Waals surface area (Å²) >= 11 is 0. The molecule has 46 heavy (non-hydrogen) atoms. The van der Waals surface area contributed by atoms with Crippen LogP contribution >= 0.6 is 0 Å². The van der Waals surface area contributed by atoms with E-state index in [0.29, 0.717) is 36.3 Å². The molecular formula is C35H53N5O6. The van der Waals surface area contributed by atoms with Crippen molar-refractivity contribution >= 4 is 23.7 Å². The molecule has 254 valence electrons. The minimum absolute atomic E-state index is 0.123. The van der Waals surface area contributed by atoms with Crippen LogP contribution in [0.3, 0.4) is 0 Å². The Morgan fingerprint density at radius 3 is 2.22 bits per heavy atom. The second-order valence-corrected chi connectivity index (χ2v) is 13.1. The molecule has 0 saturated heterocycles. The van der Waals surface area contributed by atoms with Gasteiger partial charge in [-0.1, -0.05) is 89.6 Å². The van der Waals surface area contributed by atoms with Crippen molar-refractivity contribution in [2.75, 3.05) is 0 Å². The van der Waals surface area contributed by atoms with Crippen LogP contribution in [0.2, 0.25) is 0 Å². The lowest BCUT2D eigenvalue weighted by Crippen LogP contribution is -2.57. The summed E-state index contributed by atoms with van der Waals surface area (Å²) in [5.41, 5.74) is 1.43. The molecule has 11 nitrogen and oxygen atoms in total. The first-order valence-corrected chi connectivity index (χ1v) is 16.9. The zero-order valence-corrected chi connectivity index (χ0v) is 27.5. The predicted molar refractivity (Wildman–Crippen MR) is 176 cm³/mol. The lowest BCUT2D eigenvalue weighted by atomic mass is 9.80. The van der Waals surface area contributed by atoms with Crippen molar-refractivity contribution in [2.45, 2.75) is 122 Å². The molecule has 1 fully saturated rings. The van der Waals surface area contributed by atoms with Gasteiger partial charge in [0.05, 0.1) is 24.9 Å². The van der Waals surface area contributed by atoms with Crippen molar-refractivity contribution in [3.63, 3.8) is 0 Å². The number of aromatic nitrogens is 2. The number of nitrogens with one attached hydrogen (secondary N) is 4. The van der Waals surface area contributed by atoms with Crippen LogP contribution in [0.25, 0.3) is 0 Å². The number of hydrogen-bond donors (Lipinski definition) is 6. The van der Waals surface area contributed by atoms with Crippen LogP contribution in [0.5, 0.6) is 0 Å². The average molecular weight is 640 g/mol. The first-order valence-electron chi connectivity index (χ1n) is 16.9. The quantitative estimate of drug-likeness (QED) is 0.135. The molecule has 1 saturated carbocycles. The molecule has 3 rings (SSSR count). The molecule has 1 aromatic carbocycles. The molecule has 0 radical (unpaired) electrons. The standard InChI is InChI=1S/C35H53N5O6/c1-4-26(23(2)3)19-31(41)28(17-24-11-7-5-8-12-24)39-35(46)30(20-27-21-36-22-37-27)40-34(45)29(18-25-13-9-6-10-14-25)38-32(42)15-16-33(43)44/h6,9-10,13-14,21-24,26,28-31,41H,4-5,7-8,11-12,15-20H2,1-3H3,(H,36,37)(H,38,42)(H,39,46)(H,40,45)(H,43,44)/t26-,28-,29-,30-,31-/m0/s1. The maximum atomic E-state index is 14.0. The van der Waals surface area contributed by atoms with Gasteiger partial charge < -0.3 is 31.1 Å². The molecule has 5 atom stereocenters. The molecular weight excluding hydrogens is 586 g/mol. The molecule has 11 heteroatoms. The maximum Gasteiger partial charge on any atom is 0.303 e. The van der Waals surface area contributed by atoms with E-state index < -0.39 is 47.9 Å². The molecule has 0 aliphatic heterocycles. The first-order chi connectivity index (χ1) is 22.0. The molecule has 2 aromatic rings. The monoisotopic (exact) mass is 639 g/mol. The van der Waals surface area contributed by atoms with E-state index in [0.717, 1.165) is 37.7 Å². The fraction of sp³-hybridized carbons (Fsp3) is 0.629. The average Bonchev–Trinajstić information content (AvgIpc) is 3.55. The number of hydrogen-bond acceptors (Lipinski definition) is 6. The number of rotatable bonds is 19. The number of carbonyl (C=O) groups is 4. The Labute approximate surface area is 272 Å². The number of imidazole rings is 1. The lowest BCUT2D eigenvalue weighted by Gasteiger charge is -2.33. The van der Waals surface area contributed by atoms with E-state index in [9.17, 15) is 24.3 Å². The third kappa shape index (κ3) is 12.6. The number of aromatic amines is 1. The minimum Gasteiger partial charge on any atom is -0.481 e. The summed E-state index contributed by atoms with van der Waals surface area (Å²) in [6.45, 7) is 6.42. The lowest BCUT2D eigenvalue weighted by molar-refractivity contribution is -0.139. The number of aliphatic hydroxyl groups excluding tert-OH is 1. The van der Waals surface area contributed by atoms with E-state index in [2.05, 4.69) is 46.7 Å². The number of nitrogens with zero attached hydrogens (tertiary/aromatic N) is 1. The van der Waals surface area contributed by atoms with Gasteiger partial charge in [-0.25, -0.2) is 4.98 Å². The van der Waals surface area contributed by atoms with E-state index >= 15 is 0 Å². The van der Waals surface area contributed by atoms with Gasteiger partial charge in [0.1, 0.15) is 12.1 Å². The molecule has 0 spiro atoms. The van der Waals surface area contributed by atoms with Crippen molar-refractivity contribution in [3.8, 4) is 0 Å². The Morgan fingerprint density at radius 2 is 1.61 bits per heavy atom. The number of aliphatic hydroxyl groups is 1. The Bertz CT molecular complexity index is 1220. The first kappa shape index (κ1) is 36.7. The Balaban J connectivity index is 1.82. The molecule has 1 aliphatic carbocycles. The van der Waals surface area contributed by atoms with Crippen LogP contribution in [0.15, 0.2) is 42.9 Å². The Hall–Kier alpha value is -3.73. The molecule has 3 amide bonds. The van der Waals surface area contributed by atoms with Crippen LogP contribution in [0, 0.1) is 17.8 Å². The molecule has 0 bridgehead atoms. The predicted octanol–water partition coefficient (Wildman–Crippen LogP) is 3.92. The topological polar surface area (TPSA) is 174 Å². The van der Waals surface area contributed by atoms with Gasteiger partial charge in [-0.3, -0.25) is 19.2 Å². The fourth-order valence-electron chi connectivity index (χ4n) is 6.41. The van der Waals surface area contributed by atoms with Gasteiger partial charge in [-0.2, -0.15) is 0 Å². The Morgan fingerprint density at radius 1 is 0.935 bits per heavy atom. The summed E-state index contributed by atoms with van der Waals surface area (Å²) in [4.78, 5) is 58.5. The highest BCUT2D eigenvalue weighted by atomic mass is 16.4. The second kappa shape index (κ2) is 19.1. The molecule has 1 aliphatic rings. The van der Waals surface area contributed by atoms with Gasteiger partial charge in [-0.05, 0) is 36.2 Å². The maximum absolute atomic E-state index is 14.0. The van der Waals surface area contributed by atoms with Crippen LogP contribution in [0.1, 0.15) is 96.2 Å². The van der Waals surface area contributed by atoms with Gasteiger partial charge in [0.15, 0.2) is 0 Å². The van der Waals surface area contributed by atoms with E-state index in [1.807, 2.05) is 30.3 Å². The molecule has 1 aromatic heterocycles. The van der Waals surface area contributed by atoms with Crippen LogP contribution in [-0.4, -0.2) is 68.1 Å². The van der Waals surface area contributed by atoms with Crippen LogP contribution in [0.4, 0.5) is 0 Å². The third-order valence-corrected chi connectivity index (χ3v) is 9.23. The number of H-pyrrole nitrogens is 1. The van der Waals surface area contributed by atoms with Gasteiger partial charge in [0.25, 0.3) is 0 Å². The minimum atomic E-state index is -1.11. The third-order valence-electron chi connectivity index (χ3n) is 9.23. The summed E-state index contributed by atoms with van der Waals surface area (Å²) in [5.74, 6) is -1.56. The number of benzene rings is 1. The summed E-state index contributed by atoms with van der Waals surface area (Å²) in [6.07, 6.45) is 9.79. The largest absolute Gasteiger partial charge is 0.481 e. The van der Waals surface area contributed by atoms with Gasteiger partial charge in [0.2, 0.25) is 17.7 Å². The number of carboxylic acid groups (broad SMARTS) is 1. The molecule has 1 heterocycles. The second-order valence-electron chi connectivity index (χ2n) is 13.1. The van der Waals surface area contributed by atoms with Gasteiger partial charge in [0, 0.05) is 31.2 Å². The number of carboxylic acids is 1. The smallest absolute Gasteiger partial charge is 0.303 e. The summed E-state index contributed by atoms with van der Waals surface area (Å²) < 4.78 is 0. The van der Waals surface area contributed by atoms with Gasteiger partial charge >= 0.3 is 5.97 Å². The highest BCUT2D eigenvalue weighted by molar-refractivity contribution is 5.92. The normalized spacial score (nSPS) is 17.0. The number of aliphatic carboxylic acids is 1. The van der Waals surface area contributed by atoms with Crippen LogP contribution in [-0.2, 0) is 32.0 Å². The fourth-order valence-corrected chi connectivity index (χ4v) is 6.41. The van der Waals surface area contributed by atoms with E-state index in [1.54, 1.807) is 6.20 Å². The van der Waals surface area contributed by atoms with Crippen molar-refractivity contribution in [2.24, 2.45) is 17.8 Å². The molecule has 0 unspecified atom stereocenters. The highest BCUT2D eigenvalue weighted by Gasteiger charge is 2.33. The molecule has 6 N–H and O–H groups in total. The summed E-state index contributed by atoms with van der Waals surface area (Å²) in [5, 5.41) is 29.2. The number of amides is 3. The van der Waals surface area contributed by atoms with Crippen molar-refractivity contribution in [3.05, 3.63) is 54.1 Å². The van der Waals surface area contributed by atoms with E-state index in [-0.39, 0.29) is 25.7 Å². The number of carbonyl (C=O) groups excluding carboxylic acids is 3. The van der Waals surface area contributed by atoms with Crippen molar-refractivity contribution in [1.82, 2.24) is 25.9 Å². The van der Waals surface area contributed by atoms with Gasteiger partial charge in [-0.15, -0.1) is 0 Å². The zero-order chi connectivity index (χ0) is 33.5. The zero-order valence-electron chi connectivity index (χ0n) is 27.5. The van der Waals surface area contributed by atoms with E-state index in [1.165, 1.54) is 12.7 Å². The highest BCUT2D eigenvalue weighted by Crippen LogP contribution is 2.30.